The molecule has 3 nitrogen and oxygen atoms in total. The van der Waals surface area contributed by atoms with Crippen molar-refractivity contribution in [3.8, 4) is 0 Å². The number of anilines is 1. The van der Waals surface area contributed by atoms with Crippen LogP contribution < -0.4 is 5.32 Å². The number of benzene rings is 1. The van der Waals surface area contributed by atoms with Crippen LogP contribution in [0.3, 0.4) is 0 Å². The number of hydrogen-bond donors (Lipinski definition) is 1. The van der Waals surface area contributed by atoms with Gasteiger partial charge in [0.05, 0.1) is 12.7 Å². The summed E-state index contributed by atoms with van der Waals surface area (Å²) in [6.45, 7) is 8.13. The maximum absolute atomic E-state index is 11.1. The molecule has 1 aromatic rings. The molecule has 1 N–H and O–H groups in total. The molecule has 0 aliphatic rings. The summed E-state index contributed by atoms with van der Waals surface area (Å²) in [4.78, 5) is 11.1. The Balaban J connectivity index is 0.00000106. The number of carbonyl (C=O) groups is 1. The molecule has 0 bridgehead atoms. The Kier molecular flexibility index (Phi) is 7.01. The molecule has 0 heterocycles. The Bertz CT molecular complexity index is 304. The summed E-state index contributed by atoms with van der Waals surface area (Å²) in [5.41, 5.74) is 1.58. The van der Waals surface area contributed by atoms with Gasteiger partial charge in [0.25, 0.3) is 0 Å². The highest BCUT2D eigenvalue weighted by molar-refractivity contribution is 5.89. The summed E-state index contributed by atoms with van der Waals surface area (Å²) < 4.78 is 4.60. The second-order valence-electron chi connectivity index (χ2n) is 3.37. The first kappa shape index (κ1) is 14.5. The molecule has 0 spiro atoms. The van der Waals surface area contributed by atoms with E-state index in [1.54, 1.807) is 12.1 Å². The Morgan fingerprint density at radius 1 is 1.19 bits per heavy atom. The van der Waals surface area contributed by atoms with Crippen LogP contribution in [0.5, 0.6) is 0 Å². The molecule has 0 saturated carbocycles. The lowest BCUT2D eigenvalue weighted by Gasteiger charge is -2.09. The second kappa shape index (κ2) is 7.74. The van der Waals surface area contributed by atoms with Crippen molar-refractivity contribution in [2.24, 2.45) is 0 Å². The van der Waals surface area contributed by atoms with Crippen LogP contribution in [0.15, 0.2) is 24.3 Å². The SMILES string of the molecule is CC.COC(=O)c1ccc(NC(C)C)cc1. The average Bonchev–Trinajstić information content (AvgIpc) is 2.31. The molecule has 0 atom stereocenters. The molecule has 0 aliphatic carbocycles. The molecule has 0 aromatic heterocycles. The first-order chi connectivity index (χ1) is 7.63. The quantitative estimate of drug-likeness (QED) is 0.799. The van der Waals surface area contributed by atoms with Crippen molar-refractivity contribution < 1.29 is 9.53 Å². The van der Waals surface area contributed by atoms with Gasteiger partial charge in [0.1, 0.15) is 0 Å². The fourth-order valence-electron chi connectivity index (χ4n) is 1.15. The first-order valence-corrected chi connectivity index (χ1v) is 5.58. The van der Waals surface area contributed by atoms with E-state index in [0.29, 0.717) is 11.6 Å². The molecule has 0 unspecified atom stereocenters. The van der Waals surface area contributed by atoms with Crippen LogP contribution in [0.25, 0.3) is 0 Å². The minimum Gasteiger partial charge on any atom is -0.465 e. The van der Waals surface area contributed by atoms with Gasteiger partial charge in [-0.05, 0) is 38.1 Å². The van der Waals surface area contributed by atoms with E-state index in [2.05, 4.69) is 23.9 Å². The molecule has 0 radical (unpaired) electrons. The van der Waals surface area contributed by atoms with Gasteiger partial charge in [-0.1, -0.05) is 13.8 Å². The highest BCUT2D eigenvalue weighted by Gasteiger charge is 2.04. The smallest absolute Gasteiger partial charge is 0.337 e. The van der Waals surface area contributed by atoms with Gasteiger partial charge in [-0.25, -0.2) is 4.79 Å². The van der Waals surface area contributed by atoms with E-state index in [0.717, 1.165) is 5.69 Å². The van der Waals surface area contributed by atoms with Crippen molar-refractivity contribution in [2.45, 2.75) is 33.7 Å². The molecule has 3 heteroatoms. The molecule has 16 heavy (non-hydrogen) atoms. The molecule has 0 aliphatic heterocycles. The predicted molar refractivity (Wildman–Crippen MR) is 67.9 cm³/mol. The highest BCUT2D eigenvalue weighted by atomic mass is 16.5. The monoisotopic (exact) mass is 223 g/mol. The zero-order chi connectivity index (χ0) is 12.6. The summed E-state index contributed by atoms with van der Waals surface area (Å²) in [6.07, 6.45) is 0. The number of rotatable bonds is 3. The van der Waals surface area contributed by atoms with Crippen molar-refractivity contribution in [2.75, 3.05) is 12.4 Å². The van der Waals surface area contributed by atoms with E-state index in [1.165, 1.54) is 7.11 Å². The lowest BCUT2D eigenvalue weighted by atomic mass is 10.2. The van der Waals surface area contributed by atoms with Gasteiger partial charge >= 0.3 is 5.97 Å². The number of esters is 1. The lowest BCUT2D eigenvalue weighted by molar-refractivity contribution is 0.0601. The van der Waals surface area contributed by atoms with Crippen LogP contribution in [0, 0.1) is 0 Å². The third kappa shape index (κ3) is 4.82. The van der Waals surface area contributed by atoms with E-state index in [4.69, 9.17) is 0 Å². The largest absolute Gasteiger partial charge is 0.465 e. The van der Waals surface area contributed by atoms with Gasteiger partial charge in [-0.2, -0.15) is 0 Å². The van der Waals surface area contributed by atoms with Crippen molar-refractivity contribution in [3.05, 3.63) is 29.8 Å². The molecule has 90 valence electrons. The second-order valence-corrected chi connectivity index (χ2v) is 3.37. The molecule has 1 rings (SSSR count). The van der Waals surface area contributed by atoms with E-state index in [9.17, 15) is 4.79 Å². The highest BCUT2D eigenvalue weighted by Crippen LogP contribution is 2.11. The molecular formula is C13H21NO2. The maximum Gasteiger partial charge on any atom is 0.337 e. The summed E-state index contributed by atoms with van der Waals surface area (Å²) >= 11 is 0. The van der Waals surface area contributed by atoms with Crippen LogP contribution >= 0.6 is 0 Å². The van der Waals surface area contributed by atoms with Gasteiger partial charge in [0.2, 0.25) is 0 Å². The number of ether oxygens (including phenoxy) is 1. The van der Waals surface area contributed by atoms with Crippen LogP contribution in [-0.2, 0) is 4.74 Å². The third-order valence-corrected chi connectivity index (χ3v) is 1.76. The predicted octanol–water partition coefficient (Wildman–Crippen LogP) is 3.32. The van der Waals surface area contributed by atoms with E-state index >= 15 is 0 Å². The third-order valence-electron chi connectivity index (χ3n) is 1.76. The van der Waals surface area contributed by atoms with Crippen molar-refractivity contribution in [3.63, 3.8) is 0 Å². The number of nitrogens with one attached hydrogen (secondary N) is 1. The Hall–Kier alpha value is -1.51. The number of methoxy groups -OCH3 is 1. The summed E-state index contributed by atoms with van der Waals surface area (Å²) in [5.74, 6) is -0.305. The van der Waals surface area contributed by atoms with Crippen LogP contribution in [0.4, 0.5) is 5.69 Å². The first-order valence-electron chi connectivity index (χ1n) is 5.58. The standard InChI is InChI=1S/C11H15NO2.C2H6/c1-8(2)12-10-6-4-9(5-7-10)11(13)14-3;1-2/h4-8,12H,1-3H3;1-2H3. The number of carbonyl (C=O) groups excluding carboxylic acids is 1. The van der Waals surface area contributed by atoms with Crippen LogP contribution in [0.2, 0.25) is 0 Å². The molecule has 1 aromatic carbocycles. The Labute approximate surface area is 97.8 Å². The zero-order valence-corrected chi connectivity index (χ0v) is 10.7. The van der Waals surface area contributed by atoms with Gasteiger partial charge in [-0.15, -0.1) is 0 Å². The fraction of sp³-hybridized carbons (Fsp3) is 0.462. The fourth-order valence-corrected chi connectivity index (χ4v) is 1.15. The van der Waals surface area contributed by atoms with E-state index in [1.807, 2.05) is 26.0 Å². The van der Waals surface area contributed by atoms with Gasteiger partial charge in [0, 0.05) is 11.7 Å². The van der Waals surface area contributed by atoms with Crippen molar-refractivity contribution in [1.29, 1.82) is 0 Å². The molecular weight excluding hydrogens is 202 g/mol. The summed E-state index contributed by atoms with van der Waals surface area (Å²) in [5, 5.41) is 3.24. The number of hydrogen-bond acceptors (Lipinski definition) is 3. The minimum absolute atomic E-state index is 0.305. The topological polar surface area (TPSA) is 38.3 Å². The van der Waals surface area contributed by atoms with Gasteiger partial charge in [0.15, 0.2) is 0 Å². The van der Waals surface area contributed by atoms with Crippen molar-refractivity contribution in [1.82, 2.24) is 0 Å². The molecule has 0 fully saturated rings. The van der Waals surface area contributed by atoms with Crippen molar-refractivity contribution >= 4 is 11.7 Å². The summed E-state index contributed by atoms with van der Waals surface area (Å²) in [6, 6.07) is 7.62. The van der Waals surface area contributed by atoms with E-state index in [-0.39, 0.29) is 5.97 Å². The normalized spacial score (nSPS) is 9.12. The lowest BCUT2D eigenvalue weighted by Crippen LogP contribution is -2.09. The molecule has 0 saturated heterocycles. The minimum atomic E-state index is -0.305. The Morgan fingerprint density at radius 2 is 1.69 bits per heavy atom. The van der Waals surface area contributed by atoms with Crippen LogP contribution in [-0.4, -0.2) is 19.1 Å². The average molecular weight is 223 g/mol. The van der Waals surface area contributed by atoms with Gasteiger partial charge in [-0.3, -0.25) is 0 Å². The van der Waals surface area contributed by atoms with Crippen LogP contribution in [0.1, 0.15) is 38.1 Å². The summed E-state index contributed by atoms with van der Waals surface area (Å²) in [7, 11) is 1.38. The zero-order valence-electron chi connectivity index (χ0n) is 10.7. The Morgan fingerprint density at radius 3 is 2.06 bits per heavy atom. The molecule has 0 amide bonds. The van der Waals surface area contributed by atoms with Gasteiger partial charge < -0.3 is 10.1 Å². The maximum atomic E-state index is 11.1. The van der Waals surface area contributed by atoms with E-state index < -0.39 is 0 Å².